The number of aryl methyl sites for hydroxylation is 2. The van der Waals surface area contributed by atoms with E-state index in [0.29, 0.717) is 30.2 Å². The number of ether oxygens (including phenoxy) is 1. The average Bonchev–Trinajstić information content (AvgIpc) is 2.94. The second-order valence-electron chi connectivity index (χ2n) is 6.94. The van der Waals surface area contributed by atoms with Crippen LogP contribution >= 0.6 is 0 Å². The summed E-state index contributed by atoms with van der Waals surface area (Å²) in [7, 11) is -0.302. The topological polar surface area (TPSA) is 84.7 Å². The molecule has 0 spiro atoms. The minimum absolute atomic E-state index is 0.0148. The third kappa shape index (κ3) is 3.90. The monoisotopic (exact) mass is 406 g/mol. The fourth-order valence-corrected chi connectivity index (χ4v) is 5.33. The van der Waals surface area contributed by atoms with Crippen LogP contribution in [-0.4, -0.2) is 66.6 Å². The van der Waals surface area contributed by atoms with Crippen LogP contribution in [0.5, 0.6) is 5.75 Å². The molecule has 1 fully saturated rings. The normalized spacial score (nSPS) is 15.6. The Bertz CT molecular complexity index is 976. The first kappa shape index (κ1) is 20.3. The first-order chi connectivity index (χ1) is 13.2. The van der Waals surface area contributed by atoms with Gasteiger partial charge in [0.15, 0.2) is 0 Å². The molecule has 2 heterocycles. The standard InChI is InChI=1S/C19H26N4O4S/c1-14-19(15(2)21(3)20-14)28(25,26)23-10-8-22(9-11-23)18(24)13-16-6-5-7-17(12-16)27-4/h5-7,12H,8-11,13H2,1-4H3. The maximum atomic E-state index is 13.0. The molecule has 0 unspecified atom stereocenters. The molecule has 1 saturated heterocycles. The number of hydrogen-bond donors (Lipinski definition) is 0. The summed E-state index contributed by atoms with van der Waals surface area (Å²) in [6.07, 6.45) is 0.269. The molecule has 152 valence electrons. The smallest absolute Gasteiger partial charge is 0.246 e. The van der Waals surface area contributed by atoms with E-state index in [2.05, 4.69) is 5.10 Å². The number of amides is 1. The Labute approximate surface area is 165 Å². The van der Waals surface area contributed by atoms with Crippen LogP contribution in [0.2, 0.25) is 0 Å². The summed E-state index contributed by atoms with van der Waals surface area (Å²) in [5, 5.41) is 4.21. The Kier molecular flexibility index (Phi) is 5.76. The van der Waals surface area contributed by atoms with Gasteiger partial charge in [0.25, 0.3) is 0 Å². The van der Waals surface area contributed by atoms with Crippen LogP contribution in [0.25, 0.3) is 0 Å². The molecule has 0 radical (unpaired) electrons. The van der Waals surface area contributed by atoms with Gasteiger partial charge in [-0.25, -0.2) is 8.42 Å². The first-order valence-electron chi connectivity index (χ1n) is 9.15. The number of sulfonamides is 1. The highest BCUT2D eigenvalue weighted by atomic mass is 32.2. The van der Waals surface area contributed by atoms with Gasteiger partial charge in [-0.15, -0.1) is 0 Å². The lowest BCUT2D eigenvalue weighted by atomic mass is 10.1. The SMILES string of the molecule is COc1cccc(CC(=O)N2CCN(S(=O)(=O)c3c(C)nn(C)c3C)CC2)c1. The van der Waals surface area contributed by atoms with Gasteiger partial charge in [-0.3, -0.25) is 9.48 Å². The molecule has 1 aromatic heterocycles. The quantitative estimate of drug-likeness (QED) is 0.743. The number of rotatable bonds is 5. The van der Waals surface area contributed by atoms with Gasteiger partial charge in [-0.05, 0) is 31.5 Å². The Hall–Kier alpha value is -2.39. The van der Waals surface area contributed by atoms with E-state index in [1.807, 2.05) is 24.3 Å². The van der Waals surface area contributed by atoms with Gasteiger partial charge in [0.2, 0.25) is 15.9 Å². The molecule has 9 heteroatoms. The lowest BCUT2D eigenvalue weighted by Gasteiger charge is -2.34. The van der Waals surface area contributed by atoms with Crippen LogP contribution in [-0.2, 0) is 28.3 Å². The summed E-state index contributed by atoms with van der Waals surface area (Å²) in [4.78, 5) is 14.6. The highest BCUT2D eigenvalue weighted by molar-refractivity contribution is 7.89. The van der Waals surface area contributed by atoms with Crippen molar-refractivity contribution in [1.29, 1.82) is 0 Å². The number of methoxy groups -OCH3 is 1. The van der Waals surface area contributed by atoms with Gasteiger partial charge in [0.1, 0.15) is 10.6 Å². The van der Waals surface area contributed by atoms with Gasteiger partial charge >= 0.3 is 0 Å². The molecule has 1 aliphatic rings. The molecule has 8 nitrogen and oxygen atoms in total. The van der Waals surface area contributed by atoms with Crippen LogP contribution in [0.15, 0.2) is 29.2 Å². The number of aromatic nitrogens is 2. The van der Waals surface area contributed by atoms with Crippen molar-refractivity contribution in [3.8, 4) is 5.75 Å². The van der Waals surface area contributed by atoms with Gasteiger partial charge in [-0.1, -0.05) is 12.1 Å². The largest absolute Gasteiger partial charge is 0.497 e. The second-order valence-corrected chi connectivity index (χ2v) is 8.81. The van der Waals surface area contributed by atoms with Crippen molar-refractivity contribution in [2.45, 2.75) is 25.2 Å². The summed E-state index contributed by atoms with van der Waals surface area (Å²) < 4.78 is 34.3. The number of nitrogens with zero attached hydrogens (tertiary/aromatic N) is 4. The number of carbonyl (C=O) groups is 1. The molecule has 28 heavy (non-hydrogen) atoms. The van der Waals surface area contributed by atoms with E-state index >= 15 is 0 Å². The highest BCUT2D eigenvalue weighted by Gasteiger charge is 2.33. The van der Waals surface area contributed by atoms with Crippen LogP contribution in [0.4, 0.5) is 0 Å². The third-order valence-corrected chi connectivity index (χ3v) is 7.27. The predicted octanol–water partition coefficient (Wildman–Crippen LogP) is 1.12. The van der Waals surface area contributed by atoms with E-state index in [9.17, 15) is 13.2 Å². The van der Waals surface area contributed by atoms with Crippen molar-refractivity contribution in [3.05, 3.63) is 41.2 Å². The summed E-state index contributed by atoms with van der Waals surface area (Å²) in [6.45, 7) is 4.76. The van der Waals surface area contributed by atoms with Crippen molar-refractivity contribution >= 4 is 15.9 Å². The zero-order chi connectivity index (χ0) is 20.5. The molecule has 3 rings (SSSR count). The average molecular weight is 407 g/mol. The van der Waals surface area contributed by atoms with Gasteiger partial charge in [-0.2, -0.15) is 9.40 Å². The molecule has 2 aromatic rings. The minimum Gasteiger partial charge on any atom is -0.497 e. The number of hydrogen-bond acceptors (Lipinski definition) is 5. The van der Waals surface area contributed by atoms with Crippen molar-refractivity contribution < 1.29 is 17.9 Å². The van der Waals surface area contributed by atoms with E-state index in [1.54, 1.807) is 37.6 Å². The van der Waals surface area contributed by atoms with Crippen LogP contribution in [0.3, 0.4) is 0 Å². The maximum absolute atomic E-state index is 13.0. The fourth-order valence-electron chi connectivity index (χ4n) is 3.50. The van der Waals surface area contributed by atoms with Crippen LogP contribution < -0.4 is 4.74 Å². The zero-order valence-corrected chi connectivity index (χ0v) is 17.5. The molecule has 1 aliphatic heterocycles. The summed E-state index contributed by atoms with van der Waals surface area (Å²) in [5.41, 5.74) is 1.99. The van der Waals surface area contributed by atoms with Crippen molar-refractivity contribution in [2.24, 2.45) is 7.05 Å². The molecule has 0 aliphatic carbocycles. The molecule has 0 bridgehead atoms. The maximum Gasteiger partial charge on any atom is 0.246 e. The summed E-state index contributed by atoms with van der Waals surface area (Å²) in [5.74, 6) is 0.697. The van der Waals surface area contributed by atoms with E-state index < -0.39 is 10.0 Å². The van der Waals surface area contributed by atoms with E-state index in [4.69, 9.17) is 4.74 Å². The van der Waals surface area contributed by atoms with Crippen molar-refractivity contribution in [2.75, 3.05) is 33.3 Å². The van der Waals surface area contributed by atoms with E-state index in [-0.39, 0.29) is 30.3 Å². The molecule has 1 amide bonds. The number of benzene rings is 1. The summed E-state index contributed by atoms with van der Waals surface area (Å²) in [6, 6.07) is 7.41. The molecule has 1 aromatic carbocycles. The van der Waals surface area contributed by atoms with E-state index in [0.717, 1.165) is 5.56 Å². The lowest BCUT2D eigenvalue weighted by molar-refractivity contribution is -0.131. The minimum atomic E-state index is -3.62. The van der Waals surface area contributed by atoms with Crippen molar-refractivity contribution in [1.82, 2.24) is 19.0 Å². The molecular weight excluding hydrogens is 380 g/mol. The molecule has 0 N–H and O–H groups in total. The van der Waals surface area contributed by atoms with Crippen LogP contribution in [0.1, 0.15) is 17.0 Å². The highest BCUT2D eigenvalue weighted by Crippen LogP contribution is 2.24. The predicted molar refractivity (Wildman–Crippen MR) is 105 cm³/mol. The van der Waals surface area contributed by atoms with Gasteiger partial charge in [0, 0.05) is 33.2 Å². The molecule has 0 atom stereocenters. The Morgan fingerprint density at radius 3 is 2.43 bits per heavy atom. The van der Waals surface area contributed by atoms with E-state index in [1.165, 1.54) is 4.31 Å². The number of piperazine rings is 1. The van der Waals surface area contributed by atoms with Gasteiger partial charge in [0.05, 0.1) is 24.9 Å². The summed E-state index contributed by atoms with van der Waals surface area (Å²) >= 11 is 0. The molecular formula is C19H26N4O4S. The first-order valence-corrected chi connectivity index (χ1v) is 10.6. The number of carbonyl (C=O) groups excluding carboxylic acids is 1. The van der Waals surface area contributed by atoms with Gasteiger partial charge < -0.3 is 9.64 Å². The zero-order valence-electron chi connectivity index (χ0n) is 16.7. The Balaban J connectivity index is 1.66. The fraction of sp³-hybridized carbons (Fsp3) is 0.474. The lowest BCUT2D eigenvalue weighted by Crippen LogP contribution is -2.51. The molecule has 0 saturated carbocycles. The third-order valence-electron chi connectivity index (χ3n) is 5.12. The van der Waals surface area contributed by atoms with Crippen LogP contribution in [0, 0.1) is 13.8 Å². The Morgan fingerprint density at radius 1 is 1.18 bits per heavy atom. The Morgan fingerprint density at radius 2 is 1.86 bits per heavy atom. The second kappa shape index (κ2) is 7.92. The van der Waals surface area contributed by atoms with Crippen molar-refractivity contribution in [3.63, 3.8) is 0 Å².